The SMILES string of the molecule is CCCCC1NC(CCC)N(C2CCS(=O)(=O)CC2)C1=O. The van der Waals surface area contributed by atoms with Crippen molar-refractivity contribution in [2.75, 3.05) is 11.5 Å². The number of nitrogens with zero attached hydrogens (tertiary/aromatic N) is 1. The van der Waals surface area contributed by atoms with E-state index >= 15 is 0 Å². The number of carbonyl (C=O) groups excluding carboxylic acids is 1. The summed E-state index contributed by atoms with van der Waals surface area (Å²) >= 11 is 0. The highest BCUT2D eigenvalue weighted by Crippen LogP contribution is 2.27. The molecule has 6 heteroatoms. The maximum Gasteiger partial charge on any atom is 0.241 e. The minimum Gasteiger partial charge on any atom is -0.323 e. The minimum absolute atomic E-state index is 0.0694. The maximum absolute atomic E-state index is 12.7. The molecule has 2 heterocycles. The fourth-order valence-electron chi connectivity index (χ4n) is 3.42. The fraction of sp³-hybridized carbons (Fsp3) is 0.933. The quantitative estimate of drug-likeness (QED) is 0.809. The summed E-state index contributed by atoms with van der Waals surface area (Å²) in [6.07, 6.45) is 6.27. The first-order valence-corrected chi connectivity index (χ1v) is 10.1. The number of sulfone groups is 1. The number of rotatable bonds is 6. The summed E-state index contributed by atoms with van der Waals surface area (Å²) < 4.78 is 23.2. The van der Waals surface area contributed by atoms with Crippen molar-refractivity contribution in [1.82, 2.24) is 10.2 Å². The highest BCUT2D eigenvalue weighted by Gasteiger charge is 2.42. The van der Waals surface area contributed by atoms with Gasteiger partial charge in [0.2, 0.25) is 5.91 Å². The van der Waals surface area contributed by atoms with Crippen LogP contribution in [-0.2, 0) is 14.6 Å². The topological polar surface area (TPSA) is 66.5 Å². The minimum atomic E-state index is -2.88. The monoisotopic (exact) mass is 316 g/mol. The summed E-state index contributed by atoms with van der Waals surface area (Å²) in [6.45, 7) is 4.25. The number of carbonyl (C=O) groups is 1. The van der Waals surface area contributed by atoms with Crippen LogP contribution in [0.25, 0.3) is 0 Å². The largest absolute Gasteiger partial charge is 0.323 e. The number of nitrogens with one attached hydrogen (secondary N) is 1. The predicted octanol–water partition coefficient (Wildman–Crippen LogP) is 1.68. The van der Waals surface area contributed by atoms with E-state index in [1.54, 1.807) is 0 Å². The van der Waals surface area contributed by atoms with Crippen LogP contribution >= 0.6 is 0 Å². The molecule has 0 aromatic heterocycles. The van der Waals surface area contributed by atoms with Crippen molar-refractivity contribution in [3.05, 3.63) is 0 Å². The molecule has 0 spiro atoms. The smallest absolute Gasteiger partial charge is 0.241 e. The average Bonchev–Trinajstić information content (AvgIpc) is 2.74. The highest BCUT2D eigenvalue weighted by molar-refractivity contribution is 7.91. The lowest BCUT2D eigenvalue weighted by Gasteiger charge is -2.35. The molecule has 2 rings (SSSR count). The van der Waals surface area contributed by atoms with Gasteiger partial charge in [0.1, 0.15) is 9.84 Å². The third-order valence-corrected chi connectivity index (χ3v) is 6.32. The number of hydrogen-bond donors (Lipinski definition) is 1. The molecule has 1 amide bonds. The fourth-order valence-corrected chi connectivity index (χ4v) is 4.88. The molecule has 0 aliphatic carbocycles. The van der Waals surface area contributed by atoms with Crippen LogP contribution in [-0.4, -0.2) is 49.0 Å². The lowest BCUT2D eigenvalue weighted by atomic mass is 10.1. The van der Waals surface area contributed by atoms with Gasteiger partial charge in [-0.2, -0.15) is 0 Å². The molecule has 122 valence electrons. The first-order chi connectivity index (χ1) is 9.98. The Morgan fingerprint density at radius 2 is 1.81 bits per heavy atom. The number of amides is 1. The van der Waals surface area contributed by atoms with Gasteiger partial charge in [-0.1, -0.05) is 33.1 Å². The zero-order chi connectivity index (χ0) is 15.5. The second kappa shape index (κ2) is 7.09. The first kappa shape index (κ1) is 16.7. The molecule has 0 radical (unpaired) electrons. The van der Waals surface area contributed by atoms with E-state index in [1.807, 2.05) is 4.90 Å². The van der Waals surface area contributed by atoms with Gasteiger partial charge in [0.15, 0.2) is 0 Å². The third-order valence-electron chi connectivity index (χ3n) is 4.61. The van der Waals surface area contributed by atoms with E-state index in [2.05, 4.69) is 19.2 Å². The van der Waals surface area contributed by atoms with Gasteiger partial charge < -0.3 is 4.90 Å². The Morgan fingerprint density at radius 3 is 2.38 bits per heavy atom. The Morgan fingerprint density at radius 1 is 1.14 bits per heavy atom. The van der Waals surface area contributed by atoms with E-state index in [-0.39, 0.29) is 35.7 Å². The highest BCUT2D eigenvalue weighted by atomic mass is 32.2. The van der Waals surface area contributed by atoms with Gasteiger partial charge in [0.05, 0.1) is 23.7 Å². The van der Waals surface area contributed by atoms with Crippen molar-refractivity contribution < 1.29 is 13.2 Å². The van der Waals surface area contributed by atoms with E-state index in [9.17, 15) is 13.2 Å². The molecule has 0 bridgehead atoms. The van der Waals surface area contributed by atoms with Crippen molar-refractivity contribution in [1.29, 1.82) is 0 Å². The van der Waals surface area contributed by atoms with Gasteiger partial charge in [-0.05, 0) is 25.7 Å². The van der Waals surface area contributed by atoms with Crippen LogP contribution < -0.4 is 5.32 Å². The Labute approximate surface area is 128 Å². The lowest BCUT2D eigenvalue weighted by molar-refractivity contribution is -0.132. The van der Waals surface area contributed by atoms with Crippen molar-refractivity contribution in [3.8, 4) is 0 Å². The summed E-state index contributed by atoms with van der Waals surface area (Å²) in [5, 5.41) is 3.47. The van der Waals surface area contributed by atoms with Crippen LogP contribution in [0.2, 0.25) is 0 Å². The van der Waals surface area contributed by atoms with Gasteiger partial charge in [-0.25, -0.2) is 8.42 Å². The Bertz CT molecular complexity index is 450. The van der Waals surface area contributed by atoms with Crippen LogP contribution in [0.1, 0.15) is 58.8 Å². The second-order valence-electron chi connectivity index (χ2n) is 6.29. The molecule has 1 N–H and O–H groups in total. The summed E-state index contributed by atoms with van der Waals surface area (Å²) in [5.74, 6) is 0.631. The van der Waals surface area contributed by atoms with Crippen molar-refractivity contribution >= 4 is 15.7 Å². The molecule has 2 aliphatic rings. The zero-order valence-electron chi connectivity index (χ0n) is 13.2. The number of unbranched alkanes of at least 4 members (excludes halogenated alkanes) is 1. The van der Waals surface area contributed by atoms with Crippen LogP contribution in [0, 0.1) is 0 Å². The van der Waals surface area contributed by atoms with Crippen LogP contribution in [0.3, 0.4) is 0 Å². The lowest BCUT2D eigenvalue weighted by Crippen LogP contribution is -2.48. The van der Waals surface area contributed by atoms with Gasteiger partial charge in [0.25, 0.3) is 0 Å². The summed E-state index contributed by atoms with van der Waals surface area (Å²) in [6, 6.07) is 0.0248. The molecule has 2 saturated heterocycles. The van der Waals surface area contributed by atoms with Crippen molar-refractivity contribution in [2.24, 2.45) is 0 Å². The zero-order valence-corrected chi connectivity index (χ0v) is 14.0. The summed E-state index contributed by atoms with van der Waals surface area (Å²) in [7, 11) is -2.88. The Hall–Kier alpha value is -0.620. The van der Waals surface area contributed by atoms with E-state index in [4.69, 9.17) is 0 Å². The van der Waals surface area contributed by atoms with Gasteiger partial charge in [-0.3, -0.25) is 10.1 Å². The van der Waals surface area contributed by atoms with E-state index in [0.29, 0.717) is 12.8 Å². The summed E-state index contributed by atoms with van der Waals surface area (Å²) in [4.78, 5) is 14.6. The van der Waals surface area contributed by atoms with Gasteiger partial charge in [-0.15, -0.1) is 0 Å². The van der Waals surface area contributed by atoms with Crippen LogP contribution in [0.5, 0.6) is 0 Å². The van der Waals surface area contributed by atoms with E-state index < -0.39 is 9.84 Å². The summed E-state index contributed by atoms with van der Waals surface area (Å²) in [5.41, 5.74) is 0. The Kier molecular flexibility index (Phi) is 5.66. The van der Waals surface area contributed by atoms with E-state index in [1.165, 1.54) is 0 Å². The van der Waals surface area contributed by atoms with E-state index in [0.717, 1.165) is 32.1 Å². The normalized spacial score (nSPS) is 30.0. The molecule has 2 unspecified atom stereocenters. The molecular formula is C15H28N2O3S. The molecule has 5 nitrogen and oxygen atoms in total. The van der Waals surface area contributed by atoms with Crippen molar-refractivity contribution in [3.63, 3.8) is 0 Å². The van der Waals surface area contributed by atoms with Crippen LogP contribution in [0.15, 0.2) is 0 Å². The molecule has 0 saturated carbocycles. The molecule has 21 heavy (non-hydrogen) atoms. The molecule has 2 aliphatic heterocycles. The second-order valence-corrected chi connectivity index (χ2v) is 8.60. The molecule has 0 aromatic carbocycles. The maximum atomic E-state index is 12.7. The predicted molar refractivity (Wildman–Crippen MR) is 83.7 cm³/mol. The van der Waals surface area contributed by atoms with Crippen molar-refractivity contribution in [2.45, 2.75) is 77.0 Å². The molecule has 2 atom stereocenters. The Balaban J connectivity index is 2.05. The first-order valence-electron chi connectivity index (χ1n) is 8.27. The average molecular weight is 316 g/mol. The third kappa shape index (κ3) is 3.97. The molecule has 0 aromatic rings. The van der Waals surface area contributed by atoms with Gasteiger partial charge in [0, 0.05) is 6.04 Å². The molecular weight excluding hydrogens is 288 g/mol. The van der Waals surface area contributed by atoms with Gasteiger partial charge >= 0.3 is 0 Å². The molecule has 2 fully saturated rings. The van der Waals surface area contributed by atoms with Crippen LogP contribution in [0.4, 0.5) is 0 Å². The standard InChI is InChI=1S/C15H28N2O3S/c1-3-5-7-13-15(18)17(14(16-13)6-4-2)12-8-10-21(19,20)11-9-12/h12-14,16H,3-11H2,1-2H3. The number of hydrogen-bond acceptors (Lipinski definition) is 4.